The van der Waals surface area contributed by atoms with Crippen molar-refractivity contribution in [2.75, 3.05) is 0 Å². The smallest absolute Gasteiger partial charge is 0.303 e. The van der Waals surface area contributed by atoms with Crippen molar-refractivity contribution in [2.45, 2.75) is 44.9 Å². The molecule has 0 aliphatic heterocycles. The first-order chi connectivity index (χ1) is 6.25. The third-order valence-corrected chi connectivity index (χ3v) is 3.85. The van der Waals surface area contributed by atoms with Gasteiger partial charge in [0, 0.05) is 6.42 Å². The van der Waals surface area contributed by atoms with Crippen molar-refractivity contribution in [2.24, 2.45) is 17.8 Å². The quantitative estimate of drug-likeness (QED) is 0.725. The van der Waals surface area contributed by atoms with Crippen LogP contribution in [0.25, 0.3) is 0 Å². The molecular weight excluding hydrogens is 164 g/mol. The highest BCUT2D eigenvalue weighted by Crippen LogP contribution is 2.49. The molecule has 0 saturated heterocycles. The summed E-state index contributed by atoms with van der Waals surface area (Å²) in [6.07, 6.45) is 8.12. The van der Waals surface area contributed by atoms with Crippen molar-refractivity contribution in [3.63, 3.8) is 0 Å². The minimum Gasteiger partial charge on any atom is -0.481 e. The predicted molar refractivity (Wildman–Crippen MR) is 50.4 cm³/mol. The van der Waals surface area contributed by atoms with E-state index in [9.17, 15) is 4.79 Å². The maximum Gasteiger partial charge on any atom is 0.303 e. The molecule has 0 aromatic carbocycles. The Morgan fingerprint density at radius 2 is 2.15 bits per heavy atom. The topological polar surface area (TPSA) is 37.3 Å². The SMILES string of the molecule is O=C(O)CCCC1CC2CCC1C2. The Hall–Kier alpha value is -0.530. The van der Waals surface area contributed by atoms with Crippen LogP contribution in [-0.4, -0.2) is 11.1 Å². The lowest BCUT2D eigenvalue weighted by atomic mass is 9.85. The lowest BCUT2D eigenvalue weighted by molar-refractivity contribution is -0.137. The molecule has 0 radical (unpaired) electrons. The minimum absolute atomic E-state index is 0.369. The van der Waals surface area contributed by atoms with E-state index in [1.54, 1.807) is 0 Å². The summed E-state index contributed by atoms with van der Waals surface area (Å²) in [5, 5.41) is 8.52. The van der Waals surface area contributed by atoms with Crippen LogP contribution in [0.4, 0.5) is 0 Å². The summed E-state index contributed by atoms with van der Waals surface area (Å²) < 4.78 is 0. The van der Waals surface area contributed by atoms with Crippen molar-refractivity contribution in [1.29, 1.82) is 0 Å². The molecule has 2 fully saturated rings. The van der Waals surface area contributed by atoms with Gasteiger partial charge in [0.1, 0.15) is 0 Å². The third-order valence-electron chi connectivity index (χ3n) is 3.85. The van der Waals surface area contributed by atoms with Gasteiger partial charge in [0.2, 0.25) is 0 Å². The number of aliphatic carboxylic acids is 1. The highest BCUT2D eigenvalue weighted by molar-refractivity contribution is 5.66. The number of hydrogen-bond donors (Lipinski definition) is 1. The number of hydrogen-bond acceptors (Lipinski definition) is 1. The molecule has 2 saturated carbocycles. The van der Waals surface area contributed by atoms with E-state index in [1.165, 1.54) is 25.7 Å². The molecule has 2 bridgehead atoms. The fourth-order valence-electron chi connectivity index (χ4n) is 3.25. The number of carboxylic acid groups (broad SMARTS) is 1. The van der Waals surface area contributed by atoms with E-state index in [1.807, 2.05) is 0 Å². The molecule has 74 valence electrons. The maximum atomic E-state index is 10.3. The molecule has 0 heterocycles. The molecule has 1 N–H and O–H groups in total. The second kappa shape index (κ2) is 3.69. The van der Waals surface area contributed by atoms with Crippen molar-refractivity contribution < 1.29 is 9.90 Å². The number of rotatable bonds is 4. The highest BCUT2D eigenvalue weighted by atomic mass is 16.4. The fraction of sp³-hybridized carbons (Fsp3) is 0.909. The van der Waals surface area contributed by atoms with Gasteiger partial charge in [-0.3, -0.25) is 4.79 Å². The lowest BCUT2D eigenvalue weighted by Crippen LogP contribution is -2.10. The molecule has 2 aliphatic rings. The largest absolute Gasteiger partial charge is 0.481 e. The summed E-state index contributed by atoms with van der Waals surface area (Å²) >= 11 is 0. The van der Waals surface area contributed by atoms with Gasteiger partial charge in [-0.05, 0) is 49.9 Å². The van der Waals surface area contributed by atoms with Crippen molar-refractivity contribution in [3.8, 4) is 0 Å². The van der Waals surface area contributed by atoms with Gasteiger partial charge in [-0.1, -0.05) is 6.42 Å². The van der Waals surface area contributed by atoms with Crippen LogP contribution in [0.1, 0.15) is 44.9 Å². The van der Waals surface area contributed by atoms with Gasteiger partial charge in [-0.25, -0.2) is 0 Å². The molecule has 13 heavy (non-hydrogen) atoms. The molecule has 0 spiro atoms. The van der Waals surface area contributed by atoms with Crippen molar-refractivity contribution in [3.05, 3.63) is 0 Å². The van der Waals surface area contributed by atoms with E-state index in [-0.39, 0.29) is 0 Å². The first-order valence-corrected chi connectivity index (χ1v) is 5.47. The highest BCUT2D eigenvalue weighted by Gasteiger charge is 2.38. The minimum atomic E-state index is -0.636. The Labute approximate surface area is 79.3 Å². The zero-order valence-electron chi connectivity index (χ0n) is 8.04. The van der Waals surface area contributed by atoms with Gasteiger partial charge in [0.05, 0.1) is 0 Å². The lowest BCUT2D eigenvalue weighted by Gasteiger charge is -2.20. The van der Waals surface area contributed by atoms with Crippen molar-refractivity contribution in [1.82, 2.24) is 0 Å². The average molecular weight is 182 g/mol. The molecule has 2 nitrogen and oxygen atoms in total. The van der Waals surface area contributed by atoms with Crippen LogP contribution in [0.3, 0.4) is 0 Å². The van der Waals surface area contributed by atoms with E-state index in [0.717, 1.165) is 30.6 Å². The summed E-state index contributed by atoms with van der Waals surface area (Å²) in [5.74, 6) is 2.19. The third kappa shape index (κ3) is 2.04. The van der Waals surface area contributed by atoms with Crippen LogP contribution in [0, 0.1) is 17.8 Å². The number of fused-ring (bicyclic) bond motifs is 2. The van der Waals surface area contributed by atoms with Gasteiger partial charge in [0.25, 0.3) is 0 Å². The molecule has 0 amide bonds. The van der Waals surface area contributed by atoms with Gasteiger partial charge in [-0.2, -0.15) is 0 Å². The normalized spacial score (nSPS) is 36.8. The zero-order chi connectivity index (χ0) is 9.26. The molecule has 2 heteroatoms. The fourth-order valence-corrected chi connectivity index (χ4v) is 3.25. The Kier molecular flexibility index (Phi) is 2.56. The van der Waals surface area contributed by atoms with E-state index in [4.69, 9.17) is 5.11 Å². The molecule has 0 aromatic heterocycles. The van der Waals surface area contributed by atoms with Crippen LogP contribution < -0.4 is 0 Å². The summed E-state index contributed by atoms with van der Waals surface area (Å²) in [5.41, 5.74) is 0. The van der Waals surface area contributed by atoms with E-state index < -0.39 is 5.97 Å². The zero-order valence-corrected chi connectivity index (χ0v) is 8.04. The van der Waals surface area contributed by atoms with Gasteiger partial charge < -0.3 is 5.11 Å². The number of carbonyl (C=O) groups is 1. The molecule has 3 atom stereocenters. The van der Waals surface area contributed by atoms with Gasteiger partial charge in [0.15, 0.2) is 0 Å². The summed E-state index contributed by atoms with van der Waals surface area (Å²) in [4.78, 5) is 10.3. The first-order valence-electron chi connectivity index (χ1n) is 5.47. The van der Waals surface area contributed by atoms with Crippen LogP contribution in [0.5, 0.6) is 0 Å². The van der Waals surface area contributed by atoms with E-state index >= 15 is 0 Å². The van der Waals surface area contributed by atoms with Crippen molar-refractivity contribution >= 4 is 5.97 Å². The second-order valence-corrected chi connectivity index (χ2v) is 4.72. The second-order valence-electron chi connectivity index (χ2n) is 4.72. The average Bonchev–Trinajstić information content (AvgIpc) is 2.64. The van der Waals surface area contributed by atoms with Gasteiger partial charge >= 0.3 is 5.97 Å². The van der Waals surface area contributed by atoms with Crippen LogP contribution in [0.15, 0.2) is 0 Å². The molecular formula is C11H18O2. The van der Waals surface area contributed by atoms with E-state index in [0.29, 0.717) is 6.42 Å². The summed E-state index contributed by atoms with van der Waals surface area (Å²) in [6, 6.07) is 0. The van der Waals surface area contributed by atoms with Gasteiger partial charge in [-0.15, -0.1) is 0 Å². The monoisotopic (exact) mass is 182 g/mol. The van der Waals surface area contributed by atoms with Crippen LogP contribution >= 0.6 is 0 Å². The first kappa shape index (κ1) is 9.04. The molecule has 2 rings (SSSR count). The predicted octanol–water partition coefficient (Wildman–Crippen LogP) is 2.68. The standard InChI is InChI=1S/C11H18O2/c12-11(13)3-1-2-9-6-8-4-5-10(9)7-8/h8-10H,1-7H2,(H,12,13). The number of carboxylic acids is 1. The molecule has 3 unspecified atom stereocenters. The Morgan fingerprint density at radius 1 is 1.31 bits per heavy atom. The maximum absolute atomic E-state index is 10.3. The summed E-state index contributed by atoms with van der Waals surface area (Å²) in [7, 11) is 0. The Morgan fingerprint density at radius 3 is 2.69 bits per heavy atom. The summed E-state index contributed by atoms with van der Waals surface area (Å²) in [6.45, 7) is 0. The Bertz CT molecular complexity index is 200. The van der Waals surface area contributed by atoms with Crippen LogP contribution in [0.2, 0.25) is 0 Å². The Balaban J connectivity index is 1.68. The molecule has 2 aliphatic carbocycles. The molecule has 0 aromatic rings. The van der Waals surface area contributed by atoms with Crippen LogP contribution in [-0.2, 0) is 4.79 Å². The van der Waals surface area contributed by atoms with E-state index in [2.05, 4.69) is 0 Å².